The third-order valence-corrected chi connectivity index (χ3v) is 3.39. The summed E-state index contributed by atoms with van der Waals surface area (Å²) in [5.74, 6) is -11.1. The second-order valence-electron chi connectivity index (χ2n) is 7.17. The van der Waals surface area contributed by atoms with E-state index in [0.717, 1.165) is 0 Å². The van der Waals surface area contributed by atoms with Gasteiger partial charge in [-0.05, 0) is 24.3 Å². The van der Waals surface area contributed by atoms with Gasteiger partial charge in [0.25, 0.3) is 0 Å². The Kier molecular flexibility index (Phi) is 7.05. The number of ether oxygens (including phenoxy) is 4. The lowest BCUT2D eigenvalue weighted by Crippen LogP contribution is -2.38. The van der Waals surface area contributed by atoms with Crippen molar-refractivity contribution in [2.45, 2.75) is 18.0 Å². The molecule has 0 spiro atoms. The van der Waals surface area contributed by atoms with Crippen LogP contribution in [-0.2, 0) is 0 Å². The smallest absolute Gasteiger partial charge is 0.508 e. The molecular formula is C16H11B3F8O6. The summed E-state index contributed by atoms with van der Waals surface area (Å²) in [5.41, 5.74) is -1.42. The van der Waals surface area contributed by atoms with E-state index in [1.54, 1.807) is 0 Å². The van der Waals surface area contributed by atoms with Crippen molar-refractivity contribution in [3.05, 3.63) is 41.5 Å². The van der Waals surface area contributed by atoms with Crippen LogP contribution in [0.1, 0.15) is 10.4 Å². The van der Waals surface area contributed by atoms with Crippen molar-refractivity contribution in [2.24, 2.45) is 0 Å². The van der Waals surface area contributed by atoms with Gasteiger partial charge in [0.05, 0.1) is 0 Å². The first-order chi connectivity index (χ1) is 14.9. The zero-order valence-electron chi connectivity index (χ0n) is 16.8. The van der Waals surface area contributed by atoms with Crippen molar-refractivity contribution in [2.75, 3.05) is 0 Å². The van der Waals surface area contributed by atoms with Crippen molar-refractivity contribution >= 4 is 29.5 Å². The van der Waals surface area contributed by atoms with E-state index < -0.39 is 69.9 Å². The van der Waals surface area contributed by atoms with Gasteiger partial charge in [-0.2, -0.15) is 4.39 Å². The number of benzene rings is 2. The predicted molar refractivity (Wildman–Crippen MR) is 102 cm³/mol. The van der Waals surface area contributed by atoms with Gasteiger partial charge >= 0.3 is 18.7 Å². The van der Waals surface area contributed by atoms with Gasteiger partial charge in [-0.1, -0.05) is 0 Å². The molecule has 0 amide bonds. The van der Waals surface area contributed by atoms with Crippen LogP contribution in [-0.4, -0.2) is 52.6 Å². The normalized spacial score (nSPS) is 12.2. The van der Waals surface area contributed by atoms with E-state index >= 15 is 0 Å². The van der Waals surface area contributed by atoms with Crippen molar-refractivity contribution in [3.63, 3.8) is 0 Å². The third kappa shape index (κ3) is 7.12. The molecule has 17 heteroatoms. The van der Waals surface area contributed by atoms with Gasteiger partial charge in [0.15, 0.2) is 28.8 Å². The first-order valence-electron chi connectivity index (χ1n) is 8.64. The lowest BCUT2D eigenvalue weighted by Gasteiger charge is -2.25. The zero-order valence-corrected chi connectivity index (χ0v) is 16.8. The highest BCUT2D eigenvalue weighted by Gasteiger charge is 2.36. The minimum Gasteiger partial charge on any atom is -0.508 e. The maximum Gasteiger partial charge on any atom is 0.573 e. The Balaban J connectivity index is 2.60. The number of carbonyl (C=O) groups is 1. The van der Waals surface area contributed by atoms with E-state index in [4.69, 9.17) is 9.47 Å². The molecule has 2 rings (SSSR count). The Morgan fingerprint density at radius 2 is 1.15 bits per heavy atom. The van der Waals surface area contributed by atoms with Crippen LogP contribution in [0.3, 0.4) is 0 Å². The van der Waals surface area contributed by atoms with Crippen LogP contribution in [0.2, 0.25) is 0 Å². The molecule has 0 fully saturated rings. The SMILES string of the molecule is BC(B)(B)Oc1c(Oc2ccc(OC(F)(F)F)c(F)c2C(=O)O)ccc(OC(F)(F)F)c1F. The first kappa shape index (κ1) is 26.0. The van der Waals surface area contributed by atoms with Crippen LogP contribution >= 0.6 is 0 Å². The average Bonchev–Trinajstić information content (AvgIpc) is 2.59. The highest BCUT2D eigenvalue weighted by molar-refractivity contribution is 6.58. The third-order valence-electron chi connectivity index (χ3n) is 3.39. The van der Waals surface area contributed by atoms with Gasteiger partial charge in [0, 0.05) is 5.30 Å². The molecule has 33 heavy (non-hydrogen) atoms. The van der Waals surface area contributed by atoms with Crippen molar-refractivity contribution < 1.29 is 64.0 Å². The summed E-state index contributed by atoms with van der Waals surface area (Å²) in [6, 6.07) is 2.15. The predicted octanol–water partition coefficient (Wildman–Crippen LogP) is 2.14. The second kappa shape index (κ2) is 8.94. The first-order valence-corrected chi connectivity index (χ1v) is 8.64. The van der Waals surface area contributed by atoms with Crippen LogP contribution in [0.5, 0.6) is 28.7 Å². The number of rotatable bonds is 7. The van der Waals surface area contributed by atoms with Gasteiger partial charge < -0.3 is 24.1 Å². The Hall–Kier alpha value is -3.26. The standard InChI is InChI=1S/C16H11B3F8O6/c17-14(18,19)33-12-8(4-3-7(11(12)21)32-16(25,26)27)30-5-1-2-6(31-15(22,23)24)10(20)9(5)13(28)29/h1-4H,17-19H2,(H,28,29). The lowest BCUT2D eigenvalue weighted by atomic mass is 9.52. The average molecular weight is 484 g/mol. The number of aromatic carboxylic acids is 1. The molecule has 1 N–H and O–H groups in total. The maximum atomic E-state index is 14.7. The highest BCUT2D eigenvalue weighted by atomic mass is 19.4. The second-order valence-corrected chi connectivity index (χ2v) is 7.17. The van der Waals surface area contributed by atoms with E-state index in [0.29, 0.717) is 24.3 Å². The summed E-state index contributed by atoms with van der Waals surface area (Å²) in [6.07, 6.45) is -10.6. The van der Waals surface area contributed by atoms with Crippen LogP contribution in [0.15, 0.2) is 24.3 Å². The number of halogens is 8. The van der Waals surface area contributed by atoms with Crippen LogP contribution in [0.4, 0.5) is 35.1 Å². The monoisotopic (exact) mass is 484 g/mol. The molecule has 2 aromatic carbocycles. The number of carboxylic acids is 1. The van der Waals surface area contributed by atoms with Gasteiger partial charge in [0.1, 0.15) is 34.9 Å². The number of alkyl halides is 6. The molecule has 0 aliphatic carbocycles. The molecule has 6 nitrogen and oxygen atoms in total. The van der Waals surface area contributed by atoms with Gasteiger partial charge in [-0.15, -0.1) is 26.3 Å². The fraction of sp³-hybridized carbons (Fsp3) is 0.188. The Bertz CT molecular complexity index is 1050. The Morgan fingerprint density at radius 1 is 0.727 bits per heavy atom. The van der Waals surface area contributed by atoms with Crippen LogP contribution in [0, 0.1) is 11.6 Å². The fourth-order valence-corrected chi connectivity index (χ4v) is 2.35. The molecule has 0 radical (unpaired) electrons. The van der Waals surface area contributed by atoms with E-state index in [9.17, 15) is 45.0 Å². The largest absolute Gasteiger partial charge is 0.573 e. The Labute approximate surface area is 182 Å². The minimum atomic E-state index is -5.34. The van der Waals surface area contributed by atoms with E-state index in [2.05, 4.69) is 9.47 Å². The summed E-state index contributed by atoms with van der Waals surface area (Å²) in [7, 11) is 4.16. The van der Waals surface area contributed by atoms with Crippen molar-refractivity contribution in [1.29, 1.82) is 0 Å². The maximum absolute atomic E-state index is 14.7. The molecule has 0 aliphatic rings. The van der Waals surface area contributed by atoms with Gasteiger partial charge in [-0.3, -0.25) is 0 Å². The van der Waals surface area contributed by atoms with Crippen LogP contribution in [0.25, 0.3) is 0 Å². The zero-order chi connectivity index (χ0) is 25.4. The molecule has 0 aromatic heterocycles. The van der Waals surface area contributed by atoms with E-state index in [1.807, 2.05) is 0 Å². The fourth-order valence-electron chi connectivity index (χ4n) is 2.35. The minimum absolute atomic E-state index is 0.395. The molecule has 0 saturated carbocycles. The van der Waals surface area contributed by atoms with Crippen molar-refractivity contribution in [3.8, 4) is 28.7 Å². The molecule has 176 valence electrons. The molecular weight excluding hydrogens is 473 g/mol. The summed E-state index contributed by atoms with van der Waals surface area (Å²) in [4.78, 5) is 11.4. The summed E-state index contributed by atoms with van der Waals surface area (Å²) < 4.78 is 121. The summed E-state index contributed by atoms with van der Waals surface area (Å²) >= 11 is 0. The van der Waals surface area contributed by atoms with E-state index in [-0.39, 0.29) is 0 Å². The lowest BCUT2D eigenvalue weighted by molar-refractivity contribution is -0.276. The summed E-state index contributed by atoms with van der Waals surface area (Å²) in [5, 5.41) is 8.00. The summed E-state index contributed by atoms with van der Waals surface area (Å²) in [6.45, 7) is 0. The quantitative estimate of drug-likeness (QED) is 0.481. The molecule has 0 heterocycles. The number of hydrogen-bond acceptors (Lipinski definition) is 5. The molecule has 0 atom stereocenters. The number of hydrogen-bond donors (Lipinski definition) is 1. The van der Waals surface area contributed by atoms with Crippen molar-refractivity contribution in [1.82, 2.24) is 0 Å². The highest BCUT2D eigenvalue weighted by Crippen LogP contribution is 2.43. The topological polar surface area (TPSA) is 74.2 Å². The molecule has 0 saturated heterocycles. The number of carboxylic acid groups (broad SMARTS) is 1. The van der Waals surface area contributed by atoms with Gasteiger partial charge in [-0.25, -0.2) is 9.18 Å². The van der Waals surface area contributed by atoms with Crippen LogP contribution < -0.4 is 18.9 Å². The van der Waals surface area contributed by atoms with E-state index in [1.165, 1.54) is 23.5 Å². The molecule has 0 aliphatic heterocycles. The molecule has 0 bridgehead atoms. The molecule has 0 unspecified atom stereocenters. The molecule has 2 aromatic rings. The van der Waals surface area contributed by atoms with Gasteiger partial charge in [0.2, 0.25) is 5.82 Å². The Morgan fingerprint density at radius 3 is 1.58 bits per heavy atom.